The predicted octanol–water partition coefficient (Wildman–Crippen LogP) is 0.561. The Bertz CT molecular complexity index is 544. The van der Waals surface area contributed by atoms with Gasteiger partial charge >= 0.3 is 0 Å². The zero-order valence-electron chi connectivity index (χ0n) is 11.1. The first kappa shape index (κ1) is 15.4. The standard InChI is InChI=1S/C13H19FN2O3S/c14-11-3-1-5-13(9-11)20(18,19)16(7-8-17)10-12-4-2-6-15-12/h1,3,5,9,12,15,17H,2,4,6-8,10H2. The molecular formula is C13H19FN2O3S. The Kier molecular flexibility index (Phi) is 5.09. The third kappa shape index (κ3) is 3.54. The van der Waals surface area contributed by atoms with Crippen molar-refractivity contribution < 1.29 is 17.9 Å². The second kappa shape index (κ2) is 6.62. The molecule has 2 N–H and O–H groups in total. The summed E-state index contributed by atoms with van der Waals surface area (Å²) in [6, 6.07) is 5.03. The van der Waals surface area contributed by atoms with Crippen LogP contribution in [-0.4, -0.2) is 50.1 Å². The van der Waals surface area contributed by atoms with Crippen molar-refractivity contribution in [3.63, 3.8) is 0 Å². The van der Waals surface area contributed by atoms with Crippen molar-refractivity contribution in [2.75, 3.05) is 26.2 Å². The average Bonchev–Trinajstić information content (AvgIpc) is 2.91. The van der Waals surface area contributed by atoms with Crippen molar-refractivity contribution in [2.24, 2.45) is 0 Å². The Morgan fingerprint density at radius 2 is 2.25 bits per heavy atom. The third-order valence-corrected chi connectivity index (χ3v) is 5.23. The summed E-state index contributed by atoms with van der Waals surface area (Å²) >= 11 is 0. The Hall–Kier alpha value is -1.02. The van der Waals surface area contributed by atoms with Gasteiger partial charge in [0.1, 0.15) is 5.82 Å². The van der Waals surface area contributed by atoms with Crippen LogP contribution in [-0.2, 0) is 10.0 Å². The van der Waals surface area contributed by atoms with Gasteiger partial charge in [0.25, 0.3) is 0 Å². The lowest BCUT2D eigenvalue weighted by Crippen LogP contribution is -2.42. The van der Waals surface area contributed by atoms with Gasteiger partial charge in [-0.1, -0.05) is 6.07 Å². The van der Waals surface area contributed by atoms with Crippen molar-refractivity contribution in [1.29, 1.82) is 0 Å². The molecule has 1 atom stereocenters. The molecule has 2 rings (SSSR count). The van der Waals surface area contributed by atoms with Crippen LogP contribution in [0.25, 0.3) is 0 Å². The van der Waals surface area contributed by atoms with Crippen LogP contribution in [0.4, 0.5) is 4.39 Å². The van der Waals surface area contributed by atoms with E-state index in [9.17, 15) is 12.8 Å². The van der Waals surface area contributed by atoms with Crippen molar-refractivity contribution in [2.45, 2.75) is 23.8 Å². The number of aliphatic hydroxyl groups is 1. The van der Waals surface area contributed by atoms with Crippen molar-refractivity contribution in [1.82, 2.24) is 9.62 Å². The van der Waals surface area contributed by atoms with E-state index in [0.717, 1.165) is 25.5 Å². The Morgan fingerprint density at radius 3 is 2.85 bits per heavy atom. The highest BCUT2D eigenvalue weighted by Crippen LogP contribution is 2.18. The number of nitrogens with one attached hydrogen (secondary N) is 1. The molecule has 112 valence electrons. The first-order chi connectivity index (χ1) is 9.54. The monoisotopic (exact) mass is 302 g/mol. The zero-order valence-corrected chi connectivity index (χ0v) is 11.9. The van der Waals surface area contributed by atoms with E-state index in [1.165, 1.54) is 22.5 Å². The number of hydrogen-bond donors (Lipinski definition) is 2. The number of aliphatic hydroxyl groups excluding tert-OH is 1. The van der Waals surface area contributed by atoms with E-state index in [0.29, 0.717) is 6.54 Å². The van der Waals surface area contributed by atoms with Crippen molar-refractivity contribution in [3.05, 3.63) is 30.1 Å². The molecule has 1 aromatic carbocycles. The van der Waals surface area contributed by atoms with Crippen LogP contribution in [0.3, 0.4) is 0 Å². The number of rotatable bonds is 6. The minimum atomic E-state index is -3.78. The number of nitrogens with zero attached hydrogens (tertiary/aromatic N) is 1. The number of benzene rings is 1. The van der Waals surface area contributed by atoms with Gasteiger partial charge in [-0.05, 0) is 37.6 Å². The van der Waals surface area contributed by atoms with E-state index in [2.05, 4.69) is 5.32 Å². The number of sulfonamides is 1. The molecule has 1 saturated heterocycles. The van der Waals surface area contributed by atoms with Crippen LogP contribution in [0.5, 0.6) is 0 Å². The molecule has 0 amide bonds. The van der Waals surface area contributed by atoms with Gasteiger partial charge in [-0.2, -0.15) is 4.31 Å². The van der Waals surface area contributed by atoms with Gasteiger partial charge in [0.2, 0.25) is 10.0 Å². The van der Waals surface area contributed by atoms with Crippen LogP contribution in [0, 0.1) is 5.82 Å². The Balaban J connectivity index is 2.21. The maximum atomic E-state index is 13.2. The molecule has 1 heterocycles. The fourth-order valence-corrected chi connectivity index (χ4v) is 3.86. The number of hydrogen-bond acceptors (Lipinski definition) is 4. The summed E-state index contributed by atoms with van der Waals surface area (Å²) in [5, 5.41) is 12.3. The van der Waals surface area contributed by atoms with Gasteiger partial charge in [-0.25, -0.2) is 12.8 Å². The molecule has 1 aliphatic rings. The van der Waals surface area contributed by atoms with Crippen LogP contribution < -0.4 is 5.32 Å². The molecule has 0 saturated carbocycles. The summed E-state index contributed by atoms with van der Waals surface area (Å²) in [5.41, 5.74) is 0. The molecule has 0 aliphatic carbocycles. The van der Waals surface area contributed by atoms with Crippen LogP contribution in [0.2, 0.25) is 0 Å². The molecular weight excluding hydrogens is 283 g/mol. The minimum Gasteiger partial charge on any atom is -0.395 e. The van der Waals surface area contributed by atoms with E-state index in [1.807, 2.05) is 0 Å². The van der Waals surface area contributed by atoms with Gasteiger partial charge in [0, 0.05) is 19.1 Å². The lowest BCUT2D eigenvalue weighted by molar-refractivity contribution is 0.246. The molecule has 1 fully saturated rings. The molecule has 1 aliphatic heterocycles. The van der Waals surface area contributed by atoms with E-state index < -0.39 is 15.8 Å². The average molecular weight is 302 g/mol. The summed E-state index contributed by atoms with van der Waals surface area (Å²) in [7, 11) is -3.78. The highest BCUT2D eigenvalue weighted by Gasteiger charge is 2.28. The first-order valence-electron chi connectivity index (χ1n) is 6.64. The van der Waals surface area contributed by atoms with Crippen molar-refractivity contribution >= 4 is 10.0 Å². The summed E-state index contributed by atoms with van der Waals surface area (Å²) in [6.07, 6.45) is 1.91. The normalized spacial score (nSPS) is 19.6. The Morgan fingerprint density at radius 1 is 1.45 bits per heavy atom. The first-order valence-corrected chi connectivity index (χ1v) is 8.08. The third-order valence-electron chi connectivity index (χ3n) is 3.37. The van der Waals surface area contributed by atoms with Gasteiger partial charge in [0.05, 0.1) is 11.5 Å². The Labute approximate surface area is 118 Å². The molecule has 1 aromatic rings. The molecule has 5 nitrogen and oxygen atoms in total. The summed E-state index contributed by atoms with van der Waals surface area (Å²) in [4.78, 5) is -0.0797. The van der Waals surface area contributed by atoms with E-state index in [-0.39, 0.29) is 24.1 Å². The van der Waals surface area contributed by atoms with Gasteiger partial charge in [0.15, 0.2) is 0 Å². The fraction of sp³-hybridized carbons (Fsp3) is 0.538. The summed E-state index contributed by atoms with van der Waals surface area (Å²) in [5.74, 6) is -0.589. The summed E-state index contributed by atoms with van der Waals surface area (Å²) in [6.45, 7) is 0.912. The lowest BCUT2D eigenvalue weighted by Gasteiger charge is -2.24. The van der Waals surface area contributed by atoms with E-state index >= 15 is 0 Å². The molecule has 0 bridgehead atoms. The van der Waals surface area contributed by atoms with Crippen LogP contribution >= 0.6 is 0 Å². The fourth-order valence-electron chi connectivity index (χ4n) is 2.36. The SMILES string of the molecule is O=S(=O)(c1cccc(F)c1)N(CCO)CC1CCCN1. The van der Waals surface area contributed by atoms with E-state index in [4.69, 9.17) is 5.11 Å². The van der Waals surface area contributed by atoms with Crippen LogP contribution in [0.15, 0.2) is 29.2 Å². The largest absolute Gasteiger partial charge is 0.395 e. The molecule has 0 aromatic heterocycles. The minimum absolute atomic E-state index is 0.0109. The van der Waals surface area contributed by atoms with Gasteiger partial charge in [-0.3, -0.25) is 0 Å². The molecule has 0 spiro atoms. The quantitative estimate of drug-likeness (QED) is 0.806. The number of halogens is 1. The van der Waals surface area contributed by atoms with Crippen molar-refractivity contribution in [3.8, 4) is 0 Å². The zero-order chi connectivity index (χ0) is 14.6. The second-order valence-corrected chi connectivity index (χ2v) is 6.78. The molecule has 1 unspecified atom stereocenters. The second-order valence-electron chi connectivity index (χ2n) is 4.84. The highest BCUT2D eigenvalue weighted by molar-refractivity contribution is 7.89. The molecule has 7 heteroatoms. The smallest absolute Gasteiger partial charge is 0.243 e. The topological polar surface area (TPSA) is 69.6 Å². The maximum Gasteiger partial charge on any atom is 0.243 e. The highest BCUT2D eigenvalue weighted by atomic mass is 32.2. The van der Waals surface area contributed by atoms with Crippen LogP contribution in [0.1, 0.15) is 12.8 Å². The van der Waals surface area contributed by atoms with E-state index in [1.54, 1.807) is 0 Å². The van der Waals surface area contributed by atoms with Gasteiger partial charge < -0.3 is 10.4 Å². The lowest BCUT2D eigenvalue weighted by atomic mass is 10.2. The summed E-state index contributed by atoms with van der Waals surface area (Å²) < 4.78 is 39.4. The molecule has 20 heavy (non-hydrogen) atoms. The van der Waals surface area contributed by atoms with Gasteiger partial charge in [-0.15, -0.1) is 0 Å². The predicted molar refractivity (Wildman–Crippen MR) is 73.3 cm³/mol. The molecule has 0 radical (unpaired) electrons. The maximum absolute atomic E-state index is 13.2.